The van der Waals surface area contributed by atoms with E-state index in [1.807, 2.05) is 0 Å². The molecule has 0 saturated carbocycles. The second-order valence-electron chi connectivity index (χ2n) is 6.85. The lowest BCUT2D eigenvalue weighted by atomic mass is 9.99. The molecule has 10 heteroatoms. The van der Waals surface area contributed by atoms with E-state index in [0.29, 0.717) is 17.7 Å². The molecule has 1 aliphatic rings. The first kappa shape index (κ1) is 22.3. The minimum Gasteiger partial charge on any atom is -0.497 e. The Hall–Kier alpha value is -2.43. The Morgan fingerprint density at radius 1 is 1.13 bits per heavy atom. The Kier molecular flexibility index (Phi) is 6.79. The summed E-state index contributed by atoms with van der Waals surface area (Å²) in [5, 5.41) is 12.5. The number of carbonyl (C=O) groups is 2. The van der Waals surface area contributed by atoms with Gasteiger partial charge in [-0.25, -0.2) is 8.42 Å². The number of carbonyl (C=O) groups excluding carboxylic acids is 1. The third-order valence-corrected chi connectivity index (χ3v) is 7.40. The zero-order chi connectivity index (χ0) is 21.9. The lowest BCUT2D eigenvalue weighted by Crippen LogP contribution is -2.54. The summed E-state index contributed by atoms with van der Waals surface area (Å²) in [5.74, 6) is -0.987. The first-order chi connectivity index (χ1) is 14.2. The number of rotatable bonds is 6. The lowest BCUT2D eigenvalue weighted by Gasteiger charge is -2.36. The average molecular weight is 497 g/mol. The zero-order valence-corrected chi connectivity index (χ0v) is 18.5. The molecule has 0 aromatic heterocycles. The predicted molar refractivity (Wildman–Crippen MR) is 113 cm³/mol. The van der Waals surface area contributed by atoms with E-state index in [1.54, 1.807) is 36.4 Å². The quantitative estimate of drug-likeness (QED) is 0.634. The van der Waals surface area contributed by atoms with Crippen molar-refractivity contribution < 1.29 is 27.9 Å². The molecular weight excluding hydrogens is 476 g/mol. The van der Waals surface area contributed by atoms with Crippen LogP contribution in [0.3, 0.4) is 0 Å². The maximum atomic E-state index is 13.0. The lowest BCUT2D eigenvalue weighted by molar-refractivity contribution is -0.142. The van der Waals surface area contributed by atoms with Gasteiger partial charge in [0.15, 0.2) is 0 Å². The summed E-state index contributed by atoms with van der Waals surface area (Å²) in [6.07, 6.45) is 0.286. The number of hydrogen-bond donors (Lipinski definition) is 2. The van der Waals surface area contributed by atoms with E-state index in [4.69, 9.17) is 4.74 Å². The molecule has 8 nitrogen and oxygen atoms in total. The number of aliphatic carboxylic acids is 1. The third kappa shape index (κ3) is 4.82. The van der Waals surface area contributed by atoms with Crippen LogP contribution >= 0.6 is 15.9 Å². The summed E-state index contributed by atoms with van der Waals surface area (Å²) in [6, 6.07) is 10.8. The number of sulfonamides is 1. The standard InChI is InChI=1S/C20H21BrN2O6S/c1-29-16-6-2-13(3-7-16)19(24)22-15-10-11-23(18(12-15)20(25)26)30(27,28)17-8-4-14(21)5-9-17/h2-9,15,18H,10-12H2,1H3,(H,22,24)(H,25,26)/t15-,18-/m1/s1. The van der Waals surface area contributed by atoms with Gasteiger partial charge in [-0.3, -0.25) is 9.59 Å². The molecule has 30 heavy (non-hydrogen) atoms. The van der Waals surface area contributed by atoms with Crippen LogP contribution in [0.5, 0.6) is 5.75 Å². The molecule has 1 amide bonds. The minimum atomic E-state index is -3.98. The van der Waals surface area contributed by atoms with E-state index < -0.39 is 28.1 Å². The van der Waals surface area contributed by atoms with E-state index in [9.17, 15) is 23.1 Å². The predicted octanol–water partition coefficient (Wildman–Crippen LogP) is 2.49. The molecule has 3 rings (SSSR count). The molecule has 1 heterocycles. The first-order valence-corrected chi connectivity index (χ1v) is 11.4. The highest BCUT2D eigenvalue weighted by Crippen LogP contribution is 2.27. The van der Waals surface area contributed by atoms with Crippen LogP contribution in [0.1, 0.15) is 23.2 Å². The monoisotopic (exact) mass is 496 g/mol. The highest BCUT2D eigenvalue weighted by molar-refractivity contribution is 9.10. The smallest absolute Gasteiger partial charge is 0.322 e. The van der Waals surface area contributed by atoms with Crippen molar-refractivity contribution in [2.75, 3.05) is 13.7 Å². The molecule has 0 spiro atoms. The fourth-order valence-electron chi connectivity index (χ4n) is 3.34. The number of methoxy groups -OCH3 is 1. The van der Waals surface area contributed by atoms with Crippen molar-refractivity contribution in [3.63, 3.8) is 0 Å². The number of hydrogen-bond acceptors (Lipinski definition) is 5. The van der Waals surface area contributed by atoms with E-state index >= 15 is 0 Å². The van der Waals surface area contributed by atoms with Crippen molar-refractivity contribution in [3.8, 4) is 5.75 Å². The van der Waals surface area contributed by atoms with Gasteiger partial charge in [0, 0.05) is 22.6 Å². The average Bonchev–Trinajstić information content (AvgIpc) is 2.74. The fraction of sp³-hybridized carbons (Fsp3) is 0.300. The van der Waals surface area contributed by atoms with E-state index in [0.717, 1.165) is 8.78 Å². The van der Waals surface area contributed by atoms with Crippen LogP contribution in [0.4, 0.5) is 0 Å². The Morgan fingerprint density at radius 3 is 2.33 bits per heavy atom. The molecule has 2 aromatic carbocycles. The van der Waals surface area contributed by atoms with Crippen molar-refractivity contribution in [1.82, 2.24) is 9.62 Å². The molecule has 2 atom stereocenters. The van der Waals surface area contributed by atoms with Crippen LogP contribution in [0.25, 0.3) is 0 Å². The second kappa shape index (κ2) is 9.15. The number of halogens is 1. The zero-order valence-electron chi connectivity index (χ0n) is 16.1. The van der Waals surface area contributed by atoms with Crippen molar-refractivity contribution in [2.24, 2.45) is 0 Å². The Morgan fingerprint density at radius 2 is 1.77 bits per heavy atom. The van der Waals surface area contributed by atoms with Crippen molar-refractivity contribution >= 4 is 37.8 Å². The summed E-state index contributed by atoms with van der Waals surface area (Å²) >= 11 is 3.25. The molecule has 2 N–H and O–H groups in total. The van der Waals surface area contributed by atoms with Gasteiger partial charge in [-0.1, -0.05) is 15.9 Å². The Balaban J connectivity index is 1.74. The number of carboxylic acid groups (broad SMARTS) is 1. The van der Waals surface area contributed by atoms with Gasteiger partial charge in [0.05, 0.1) is 12.0 Å². The van der Waals surface area contributed by atoms with E-state index in [-0.39, 0.29) is 23.8 Å². The SMILES string of the molecule is COc1ccc(C(=O)N[C@@H]2CCN(S(=O)(=O)c3ccc(Br)cc3)[C@@H](C(=O)O)C2)cc1. The van der Waals surface area contributed by atoms with Gasteiger partial charge in [-0.15, -0.1) is 0 Å². The highest BCUT2D eigenvalue weighted by atomic mass is 79.9. The van der Waals surface area contributed by atoms with Crippen molar-refractivity contribution in [1.29, 1.82) is 0 Å². The molecular formula is C20H21BrN2O6S. The molecule has 0 unspecified atom stereocenters. The number of benzene rings is 2. The normalized spacial score (nSPS) is 19.8. The number of amides is 1. The van der Waals surface area contributed by atoms with Crippen LogP contribution in [-0.4, -0.2) is 55.4 Å². The molecule has 1 aliphatic heterocycles. The topological polar surface area (TPSA) is 113 Å². The van der Waals surface area contributed by atoms with Gasteiger partial charge >= 0.3 is 5.97 Å². The van der Waals surface area contributed by atoms with Crippen molar-refractivity contribution in [2.45, 2.75) is 29.8 Å². The maximum Gasteiger partial charge on any atom is 0.322 e. The van der Waals surface area contributed by atoms with Crippen LogP contribution in [0, 0.1) is 0 Å². The van der Waals surface area contributed by atoms with Crippen LogP contribution in [0.15, 0.2) is 57.9 Å². The number of carboxylic acids is 1. The number of nitrogens with zero attached hydrogens (tertiary/aromatic N) is 1. The largest absolute Gasteiger partial charge is 0.497 e. The summed E-state index contributed by atoms with van der Waals surface area (Å²) in [5.41, 5.74) is 0.410. The maximum absolute atomic E-state index is 13.0. The number of nitrogens with one attached hydrogen (secondary N) is 1. The third-order valence-electron chi connectivity index (χ3n) is 4.95. The number of piperidine rings is 1. The highest BCUT2D eigenvalue weighted by Gasteiger charge is 2.41. The fourth-order valence-corrected chi connectivity index (χ4v) is 5.21. The van der Waals surface area contributed by atoms with Crippen LogP contribution < -0.4 is 10.1 Å². The van der Waals surface area contributed by atoms with Gasteiger partial charge in [0.1, 0.15) is 11.8 Å². The molecule has 0 aliphatic carbocycles. The van der Waals surface area contributed by atoms with Crippen LogP contribution in [0.2, 0.25) is 0 Å². The molecule has 160 valence electrons. The van der Waals surface area contributed by atoms with Gasteiger partial charge in [0.2, 0.25) is 10.0 Å². The van der Waals surface area contributed by atoms with E-state index in [2.05, 4.69) is 21.2 Å². The Labute approximate surface area is 183 Å². The van der Waals surface area contributed by atoms with E-state index in [1.165, 1.54) is 19.2 Å². The molecule has 1 fully saturated rings. The van der Waals surface area contributed by atoms with Crippen LogP contribution in [-0.2, 0) is 14.8 Å². The Bertz CT molecular complexity index is 1020. The minimum absolute atomic E-state index is 0.0110. The molecule has 0 radical (unpaired) electrons. The first-order valence-electron chi connectivity index (χ1n) is 9.17. The van der Waals surface area contributed by atoms with Gasteiger partial charge < -0.3 is 15.2 Å². The summed E-state index contributed by atoms with van der Waals surface area (Å²) in [4.78, 5) is 24.3. The second-order valence-corrected chi connectivity index (χ2v) is 9.65. The summed E-state index contributed by atoms with van der Waals surface area (Å²) in [7, 11) is -2.45. The molecule has 1 saturated heterocycles. The summed E-state index contributed by atoms with van der Waals surface area (Å²) < 4.78 is 32.7. The van der Waals surface area contributed by atoms with Gasteiger partial charge in [-0.2, -0.15) is 4.31 Å². The number of ether oxygens (including phenoxy) is 1. The molecule has 2 aromatic rings. The summed E-state index contributed by atoms with van der Waals surface area (Å²) in [6.45, 7) is -0.0110. The van der Waals surface area contributed by atoms with Gasteiger partial charge in [0.25, 0.3) is 5.91 Å². The molecule has 0 bridgehead atoms. The van der Waals surface area contributed by atoms with Crippen molar-refractivity contribution in [3.05, 3.63) is 58.6 Å². The van der Waals surface area contributed by atoms with Gasteiger partial charge in [-0.05, 0) is 61.4 Å².